The molecule has 1 saturated carbocycles. The Bertz CT molecular complexity index is 361. The first kappa shape index (κ1) is 15.7. The summed E-state index contributed by atoms with van der Waals surface area (Å²) in [5, 5.41) is 4.55. The molecule has 1 aromatic heterocycles. The summed E-state index contributed by atoms with van der Waals surface area (Å²) in [6, 6.07) is 4.68. The highest BCUT2D eigenvalue weighted by Crippen LogP contribution is 2.33. The molecular formula is C15H24ClNS2. The maximum atomic E-state index is 6.07. The predicted octanol–water partition coefficient (Wildman–Crippen LogP) is 5.51. The number of thiophene rings is 1. The Morgan fingerprint density at radius 3 is 2.79 bits per heavy atom. The third-order valence-electron chi connectivity index (χ3n) is 3.63. The molecule has 1 heterocycles. The maximum absolute atomic E-state index is 6.07. The summed E-state index contributed by atoms with van der Waals surface area (Å²) in [6.07, 6.45) is 8.30. The van der Waals surface area contributed by atoms with Crippen molar-refractivity contribution in [1.29, 1.82) is 0 Å². The number of halogens is 1. The van der Waals surface area contributed by atoms with Crippen molar-refractivity contribution in [2.75, 3.05) is 12.3 Å². The first-order chi connectivity index (χ1) is 9.29. The zero-order valence-corrected chi connectivity index (χ0v) is 14.0. The van der Waals surface area contributed by atoms with E-state index < -0.39 is 0 Å². The van der Waals surface area contributed by atoms with Gasteiger partial charge in [0.25, 0.3) is 0 Å². The Hall–Kier alpha value is 0.300. The van der Waals surface area contributed by atoms with Crippen LogP contribution in [-0.2, 0) is 0 Å². The third kappa shape index (κ3) is 5.30. The average molecular weight is 318 g/mol. The molecule has 1 atom stereocenters. The molecule has 4 heteroatoms. The van der Waals surface area contributed by atoms with Crippen molar-refractivity contribution in [3.05, 3.63) is 21.3 Å². The number of hydrogen-bond acceptors (Lipinski definition) is 3. The minimum atomic E-state index is 0.476. The lowest BCUT2D eigenvalue weighted by Gasteiger charge is -2.24. The lowest BCUT2D eigenvalue weighted by molar-refractivity contribution is 0.513. The highest BCUT2D eigenvalue weighted by Gasteiger charge is 2.18. The van der Waals surface area contributed by atoms with Crippen molar-refractivity contribution < 1.29 is 0 Å². The van der Waals surface area contributed by atoms with Crippen LogP contribution < -0.4 is 5.32 Å². The van der Waals surface area contributed by atoms with Gasteiger partial charge in [-0.25, -0.2) is 0 Å². The third-order valence-corrected chi connectivity index (χ3v) is 6.44. The molecule has 19 heavy (non-hydrogen) atoms. The van der Waals surface area contributed by atoms with E-state index in [0.29, 0.717) is 6.04 Å². The van der Waals surface area contributed by atoms with E-state index in [2.05, 4.69) is 30.1 Å². The lowest BCUT2D eigenvalue weighted by Crippen LogP contribution is -2.24. The lowest BCUT2D eigenvalue weighted by atomic mass is 10.0. The molecule has 2 rings (SSSR count). The van der Waals surface area contributed by atoms with Crippen molar-refractivity contribution in [3.63, 3.8) is 0 Å². The Balaban J connectivity index is 1.86. The number of hydrogen-bond donors (Lipinski definition) is 1. The molecule has 1 nitrogen and oxygen atoms in total. The summed E-state index contributed by atoms with van der Waals surface area (Å²) < 4.78 is 0.904. The van der Waals surface area contributed by atoms with Crippen LogP contribution in [0.25, 0.3) is 0 Å². The van der Waals surface area contributed by atoms with Crippen LogP contribution >= 0.6 is 34.7 Å². The van der Waals surface area contributed by atoms with Gasteiger partial charge in [-0.15, -0.1) is 11.3 Å². The van der Waals surface area contributed by atoms with Gasteiger partial charge in [-0.2, -0.15) is 11.8 Å². The molecule has 1 aliphatic rings. The maximum Gasteiger partial charge on any atom is 0.0931 e. The first-order valence-electron chi connectivity index (χ1n) is 7.40. The number of nitrogens with one attached hydrogen (secondary N) is 1. The summed E-state index contributed by atoms with van der Waals surface area (Å²) in [6.45, 7) is 3.31. The zero-order valence-electron chi connectivity index (χ0n) is 11.7. The van der Waals surface area contributed by atoms with Crippen LogP contribution in [0, 0.1) is 0 Å². The molecule has 108 valence electrons. The normalized spacial score (nSPS) is 18.6. The quantitative estimate of drug-likeness (QED) is 0.711. The second-order valence-electron chi connectivity index (χ2n) is 5.24. The fourth-order valence-electron chi connectivity index (χ4n) is 2.54. The van der Waals surface area contributed by atoms with E-state index in [1.807, 2.05) is 6.07 Å². The van der Waals surface area contributed by atoms with Crippen LogP contribution in [0.15, 0.2) is 12.1 Å². The number of rotatable bonds is 7. The molecule has 0 saturated heterocycles. The fourth-order valence-corrected chi connectivity index (χ4v) is 5.21. The van der Waals surface area contributed by atoms with Gasteiger partial charge in [0.2, 0.25) is 0 Å². The van der Waals surface area contributed by atoms with Gasteiger partial charge in [-0.1, -0.05) is 37.8 Å². The Kier molecular flexibility index (Phi) is 7.06. The molecule has 1 N–H and O–H groups in total. The van der Waals surface area contributed by atoms with Gasteiger partial charge in [0.05, 0.1) is 10.4 Å². The van der Waals surface area contributed by atoms with Crippen LogP contribution in [0.5, 0.6) is 0 Å². The van der Waals surface area contributed by atoms with Gasteiger partial charge in [-0.05, 0) is 37.9 Å². The summed E-state index contributed by atoms with van der Waals surface area (Å²) in [5.74, 6) is 1.18. The van der Waals surface area contributed by atoms with E-state index in [9.17, 15) is 0 Å². The van der Waals surface area contributed by atoms with Crippen molar-refractivity contribution in [2.24, 2.45) is 0 Å². The summed E-state index contributed by atoms with van der Waals surface area (Å²) in [5.41, 5.74) is 0. The molecule has 0 aromatic carbocycles. The van der Waals surface area contributed by atoms with Crippen LogP contribution in [0.2, 0.25) is 4.34 Å². The van der Waals surface area contributed by atoms with Crippen molar-refractivity contribution >= 4 is 34.7 Å². The van der Waals surface area contributed by atoms with E-state index in [-0.39, 0.29) is 0 Å². The van der Waals surface area contributed by atoms with Crippen LogP contribution in [0.3, 0.4) is 0 Å². The molecule has 1 unspecified atom stereocenters. The minimum Gasteiger partial charge on any atom is -0.309 e. The SMILES string of the molecule is CCCNC(CSC1CCCCC1)c1ccc(Cl)s1. The largest absolute Gasteiger partial charge is 0.309 e. The molecule has 1 aliphatic carbocycles. The Morgan fingerprint density at radius 2 is 2.16 bits per heavy atom. The molecule has 0 spiro atoms. The summed E-state index contributed by atoms with van der Waals surface area (Å²) >= 11 is 9.95. The molecule has 0 amide bonds. The first-order valence-corrected chi connectivity index (χ1v) is 9.64. The average Bonchev–Trinajstić information content (AvgIpc) is 2.86. The predicted molar refractivity (Wildman–Crippen MR) is 89.7 cm³/mol. The molecule has 1 fully saturated rings. The molecule has 0 bridgehead atoms. The van der Waals surface area contributed by atoms with E-state index in [1.54, 1.807) is 11.3 Å². The van der Waals surface area contributed by atoms with Gasteiger partial charge in [0.15, 0.2) is 0 Å². The summed E-state index contributed by atoms with van der Waals surface area (Å²) in [4.78, 5) is 1.39. The van der Waals surface area contributed by atoms with Crippen LogP contribution in [0.4, 0.5) is 0 Å². The Labute approximate surface area is 130 Å². The monoisotopic (exact) mass is 317 g/mol. The highest BCUT2D eigenvalue weighted by atomic mass is 35.5. The minimum absolute atomic E-state index is 0.476. The van der Waals surface area contributed by atoms with E-state index in [0.717, 1.165) is 16.1 Å². The van der Waals surface area contributed by atoms with E-state index in [4.69, 9.17) is 11.6 Å². The second-order valence-corrected chi connectivity index (χ2v) is 8.32. The highest BCUT2D eigenvalue weighted by molar-refractivity contribution is 7.99. The van der Waals surface area contributed by atoms with Crippen LogP contribution in [0.1, 0.15) is 56.4 Å². The number of thioether (sulfide) groups is 1. The zero-order chi connectivity index (χ0) is 13.5. The van der Waals surface area contributed by atoms with Gasteiger partial charge < -0.3 is 5.32 Å². The topological polar surface area (TPSA) is 12.0 Å². The van der Waals surface area contributed by atoms with Gasteiger partial charge in [0, 0.05) is 15.9 Å². The van der Waals surface area contributed by atoms with Gasteiger partial charge in [-0.3, -0.25) is 0 Å². The second kappa shape index (κ2) is 8.56. The van der Waals surface area contributed by atoms with E-state index in [1.165, 1.54) is 49.2 Å². The standard InChI is InChI=1S/C15H24ClNS2/c1-2-10-17-13(14-8-9-15(16)19-14)11-18-12-6-4-3-5-7-12/h8-9,12-13,17H,2-7,10-11H2,1H3. The van der Waals surface area contributed by atoms with Crippen LogP contribution in [-0.4, -0.2) is 17.5 Å². The summed E-state index contributed by atoms with van der Waals surface area (Å²) in [7, 11) is 0. The fraction of sp³-hybridized carbons (Fsp3) is 0.733. The van der Waals surface area contributed by atoms with Gasteiger partial charge in [0.1, 0.15) is 0 Å². The Morgan fingerprint density at radius 1 is 1.37 bits per heavy atom. The van der Waals surface area contributed by atoms with Crippen molar-refractivity contribution in [2.45, 2.75) is 56.7 Å². The van der Waals surface area contributed by atoms with E-state index >= 15 is 0 Å². The van der Waals surface area contributed by atoms with Gasteiger partial charge >= 0.3 is 0 Å². The van der Waals surface area contributed by atoms with Crippen molar-refractivity contribution in [3.8, 4) is 0 Å². The smallest absolute Gasteiger partial charge is 0.0931 e. The van der Waals surface area contributed by atoms with Crippen molar-refractivity contribution in [1.82, 2.24) is 5.32 Å². The molecule has 0 aliphatic heterocycles. The molecule has 1 aromatic rings. The molecular weight excluding hydrogens is 294 g/mol. The molecule has 0 radical (unpaired) electrons.